The normalized spacial score (nSPS) is 23.1. The molecule has 2 aliphatic heterocycles. The van der Waals surface area contributed by atoms with Crippen LogP contribution in [0.1, 0.15) is 37.7 Å². The predicted molar refractivity (Wildman–Crippen MR) is 94.3 cm³/mol. The van der Waals surface area contributed by atoms with Crippen molar-refractivity contribution < 1.29 is 9.53 Å². The molecular formula is C18H27ClN2O2. The molecule has 1 N–H and O–H groups in total. The molecule has 2 heterocycles. The number of aryl methyl sites for hydroxylation is 1. The Hall–Kier alpha value is -1.26. The van der Waals surface area contributed by atoms with E-state index in [9.17, 15) is 4.79 Å². The Kier molecular flexibility index (Phi) is 6.72. The van der Waals surface area contributed by atoms with E-state index >= 15 is 0 Å². The summed E-state index contributed by atoms with van der Waals surface area (Å²) in [7, 11) is 0. The summed E-state index contributed by atoms with van der Waals surface area (Å²) in [5.41, 5.74) is 1.14. The number of carbonyl (C=O) groups is 1. The molecule has 4 nitrogen and oxygen atoms in total. The zero-order valence-electron chi connectivity index (χ0n) is 13.8. The van der Waals surface area contributed by atoms with Gasteiger partial charge in [0, 0.05) is 25.0 Å². The first-order chi connectivity index (χ1) is 10.8. The van der Waals surface area contributed by atoms with Crippen LogP contribution in [0, 0.1) is 6.92 Å². The minimum absolute atomic E-state index is 0. The van der Waals surface area contributed by atoms with Gasteiger partial charge in [0.15, 0.2) is 0 Å². The molecule has 2 bridgehead atoms. The van der Waals surface area contributed by atoms with Crippen LogP contribution in [0.2, 0.25) is 0 Å². The molecule has 5 heteroatoms. The number of fused-ring (bicyclic) bond motifs is 2. The zero-order chi connectivity index (χ0) is 15.4. The van der Waals surface area contributed by atoms with Gasteiger partial charge in [-0.3, -0.25) is 4.79 Å². The van der Waals surface area contributed by atoms with Gasteiger partial charge in [-0.2, -0.15) is 0 Å². The monoisotopic (exact) mass is 338 g/mol. The van der Waals surface area contributed by atoms with E-state index in [-0.39, 0.29) is 12.4 Å². The molecule has 128 valence electrons. The molecule has 1 aromatic rings. The van der Waals surface area contributed by atoms with Crippen molar-refractivity contribution in [3.05, 3.63) is 29.8 Å². The number of carbonyl (C=O) groups excluding carboxylic acids is 1. The molecule has 1 aromatic carbocycles. The first kappa shape index (κ1) is 18.1. The number of amides is 1. The maximum atomic E-state index is 12.5. The second kappa shape index (κ2) is 8.55. The van der Waals surface area contributed by atoms with Gasteiger partial charge in [-0.15, -0.1) is 12.4 Å². The number of hydrogen-bond donors (Lipinski definition) is 1. The highest BCUT2D eigenvalue weighted by atomic mass is 35.5. The molecule has 2 saturated heterocycles. The van der Waals surface area contributed by atoms with Gasteiger partial charge in [-0.05, 0) is 50.8 Å². The van der Waals surface area contributed by atoms with Crippen molar-refractivity contribution in [2.75, 3.05) is 19.7 Å². The SMILES string of the molecule is Cc1ccccc1OCCCC(=O)N1C2CCNCC1CC2.Cl. The van der Waals surface area contributed by atoms with Crippen molar-refractivity contribution in [3.8, 4) is 5.75 Å². The van der Waals surface area contributed by atoms with Gasteiger partial charge < -0.3 is 15.0 Å². The molecular weight excluding hydrogens is 312 g/mol. The molecule has 0 saturated carbocycles. The van der Waals surface area contributed by atoms with Gasteiger partial charge in [0.05, 0.1) is 6.61 Å². The summed E-state index contributed by atoms with van der Waals surface area (Å²) in [6.45, 7) is 4.66. The molecule has 2 aliphatic rings. The van der Waals surface area contributed by atoms with Crippen LogP contribution < -0.4 is 10.1 Å². The van der Waals surface area contributed by atoms with Crippen LogP contribution in [0.15, 0.2) is 24.3 Å². The highest BCUT2D eigenvalue weighted by molar-refractivity contribution is 5.85. The van der Waals surface area contributed by atoms with Crippen LogP contribution in [-0.4, -0.2) is 42.6 Å². The summed E-state index contributed by atoms with van der Waals surface area (Å²) in [5.74, 6) is 1.23. The van der Waals surface area contributed by atoms with Crippen molar-refractivity contribution in [1.82, 2.24) is 10.2 Å². The van der Waals surface area contributed by atoms with Gasteiger partial charge in [-0.1, -0.05) is 18.2 Å². The molecule has 2 unspecified atom stereocenters. The molecule has 2 atom stereocenters. The van der Waals surface area contributed by atoms with E-state index < -0.39 is 0 Å². The molecule has 2 fully saturated rings. The lowest BCUT2D eigenvalue weighted by atomic mass is 10.1. The van der Waals surface area contributed by atoms with Crippen LogP contribution in [0.3, 0.4) is 0 Å². The van der Waals surface area contributed by atoms with Crippen molar-refractivity contribution in [2.24, 2.45) is 0 Å². The number of halogens is 1. The van der Waals surface area contributed by atoms with Crippen molar-refractivity contribution >= 4 is 18.3 Å². The third-order valence-corrected chi connectivity index (χ3v) is 4.83. The van der Waals surface area contributed by atoms with E-state index in [4.69, 9.17) is 4.74 Å². The van der Waals surface area contributed by atoms with Crippen LogP contribution >= 0.6 is 12.4 Å². The molecule has 3 rings (SSSR count). The zero-order valence-corrected chi connectivity index (χ0v) is 14.6. The Bertz CT molecular complexity index is 509. The third kappa shape index (κ3) is 4.39. The highest BCUT2D eigenvalue weighted by Gasteiger charge is 2.37. The van der Waals surface area contributed by atoms with Crippen molar-refractivity contribution in [3.63, 3.8) is 0 Å². The van der Waals surface area contributed by atoms with Crippen LogP contribution in [0.5, 0.6) is 5.75 Å². The number of rotatable bonds is 5. The first-order valence-corrected chi connectivity index (χ1v) is 8.46. The van der Waals surface area contributed by atoms with E-state index in [1.807, 2.05) is 31.2 Å². The Balaban J connectivity index is 0.00000192. The number of nitrogens with one attached hydrogen (secondary N) is 1. The molecule has 0 aliphatic carbocycles. The number of ether oxygens (including phenoxy) is 1. The van der Waals surface area contributed by atoms with Crippen LogP contribution in [0.4, 0.5) is 0 Å². The molecule has 23 heavy (non-hydrogen) atoms. The lowest BCUT2D eigenvalue weighted by Gasteiger charge is -2.28. The quantitative estimate of drug-likeness (QED) is 0.839. The number of para-hydroxylation sites is 1. The lowest BCUT2D eigenvalue weighted by molar-refractivity contribution is -0.134. The van der Waals surface area contributed by atoms with E-state index in [1.54, 1.807) is 0 Å². The summed E-state index contributed by atoms with van der Waals surface area (Å²) in [6, 6.07) is 8.90. The van der Waals surface area contributed by atoms with E-state index in [1.165, 1.54) is 6.42 Å². The topological polar surface area (TPSA) is 41.6 Å². The highest BCUT2D eigenvalue weighted by Crippen LogP contribution is 2.28. The fourth-order valence-electron chi connectivity index (χ4n) is 3.64. The van der Waals surface area contributed by atoms with Gasteiger partial charge in [0.25, 0.3) is 0 Å². The van der Waals surface area contributed by atoms with Crippen molar-refractivity contribution in [2.45, 2.75) is 51.1 Å². The van der Waals surface area contributed by atoms with Crippen LogP contribution in [-0.2, 0) is 4.79 Å². The van der Waals surface area contributed by atoms with E-state index in [2.05, 4.69) is 10.2 Å². The Labute approximate surface area is 145 Å². The smallest absolute Gasteiger partial charge is 0.223 e. The predicted octanol–water partition coefficient (Wildman–Crippen LogP) is 2.93. The standard InChI is InChI=1S/C18H26N2O2.ClH/c1-14-5-2-3-6-17(14)22-12-4-7-18(21)20-15-8-9-16(20)13-19-11-10-15;/h2-3,5-6,15-16,19H,4,7-13H2,1H3;1H. The minimum Gasteiger partial charge on any atom is -0.493 e. The maximum absolute atomic E-state index is 12.5. The summed E-state index contributed by atoms with van der Waals surface area (Å²) in [4.78, 5) is 14.7. The molecule has 0 spiro atoms. The number of hydrogen-bond acceptors (Lipinski definition) is 3. The average Bonchev–Trinajstić information content (AvgIpc) is 2.78. The summed E-state index contributed by atoms with van der Waals surface area (Å²) >= 11 is 0. The van der Waals surface area contributed by atoms with Gasteiger partial charge >= 0.3 is 0 Å². The van der Waals surface area contributed by atoms with Crippen molar-refractivity contribution in [1.29, 1.82) is 0 Å². The third-order valence-electron chi connectivity index (χ3n) is 4.83. The first-order valence-electron chi connectivity index (χ1n) is 8.46. The van der Waals surface area contributed by atoms with E-state index in [0.717, 1.165) is 43.7 Å². The minimum atomic E-state index is 0. The van der Waals surface area contributed by atoms with Gasteiger partial charge in [-0.25, -0.2) is 0 Å². The summed E-state index contributed by atoms with van der Waals surface area (Å²) < 4.78 is 5.79. The fraction of sp³-hybridized carbons (Fsp3) is 0.611. The second-order valence-corrected chi connectivity index (χ2v) is 6.40. The maximum Gasteiger partial charge on any atom is 0.223 e. The number of benzene rings is 1. The fourth-order valence-corrected chi connectivity index (χ4v) is 3.64. The second-order valence-electron chi connectivity index (χ2n) is 6.40. The largest absolute Gasteiger partial charge is 0.493 e. The molecule has 0 radical (unpaired) electrons. The summed E-state index contributed by atoms with van der Waals surface area (Å²) in [6.07, 6.45) is 4.82. The Morgan fingerprint density at radius 1 is 1.26 bits per heavy atom. The van der Waals surface area contributed by atoms with E-state index in [0.29, 0.717) is 31.0 Å². The lowest BCUT2D eigenvalue weighted by Crippen LogP contribution is -2.42. The van der Waals surface area contributed by atoms with Gasteiger partial charge in [0.2, 0.25) is 5.91 Å². The number of nitrogens with zero attached hydrogens (tertiary/aromatic N) is 1. The Morgan fingerprint density at radius 2 is 2.04 bits per heavy atom. The Morgan fingerprint density at radius 3 is 2.87 bits per heavy atom. The van der Waals surface area contributed by atoms with Crippen LogP contribution in [0.25, 0.3) is 0 Å². The average molecular weight is 339 g/mol. The summed E-state index contributed by atoms with van der Waals surface area (Å²) in [5, 5.41) is 3.44. The van der Waals surface area contributed by atoms with Gasteiger partial charge in [0.1, 0.15) is 5.75 Å². The molecule has 0 aromatic heterocycles. The molecule has 1 amide bonds.